The summed E-state index contributed by atoms with van der Waals surface area (Å²) in [5.74, 6) is 0.0390. The highest BCUT2D eigenvalue weighted by Gasteiger charge is 2.28. The topological polar surface area (TPSA) is 49.4 Å². The van der Waals surface area contributed by atoms with Gasteiger partial charge in [-0.1, -0.05) is 49.9 Å². The highest BCUT2D eigenvalue weighted by molar-refractivity contribution is 6.30. The molecule has 0 saturated carbocycles. The Morgan fingerprint density at radius 2 is 1.96 bits per heavy atom. The lowest BCUT2D eigenvalue weighted by atomic mass is 10.1. The highest BCUT2D eigenvalue weighted by atomic mass is 35.5. The molecule has 5 heteroatoms. The first-order chi connectivity index (χ1) is 12.1. The van der Waals surface area contributed by atoms with Crippen LogP contribution < -0.4 is 5.32 Å². The van der Waals surface area contributed by atoms with E-state index in [-0.39, 0.29) is 17.9 Å². The van der Waals surface area contributed by atoms with E-state index < -0.39 is 0 Å². The zero-order chi connectivity index (χ0) is 18.1. The van der Waals surface area contributed by atoms with Crippen molar-refractivity contribution in [3.05, 3.63) is 34.9 Å². The molecule has 2 amide bonds. The number of carbonyl (C=O) groups excluding carboxylic acids is 2. The standard InChI is InChI=1S/C20H29ClN2O2/c1-2-3-4-5-9-19(24)22-18-8-6-7-14-23(20(18)25)15-16-10-12-17(21)13-11-16/h10-13,18H,2-9,14-15H2,1H3,(H,22,24). The molecule has 1 fully saturated rings. The molecule has 0 aromatic heterocycles. The first-order valence-electron chi connectivity index (χ1n) is 9.42. The predicted octanol–water partition coefficient (Wildman–Crippen LogP) is 4.31. The third-order valence-corrected chi connectivity index (χ3v) is 4.91. The number of nitrogens with one attached hydrogen (secondary N) is 1. The molecule has 4 nitrogen and oxygen atoms in total. The normalized spacial score (nSPS) is 18.1. The first-order valence-corrected chi connectivity index (χ1v) is 9.80. The van der Waals surface area contributed by atoms with E-state index in [2.05, 4.69) is 12.2 Å². The summed E-state index contributed by atoms with van der Waals surface area (Å²) >= 11 is 5.92. The van der Waals surface area contributed by atoms with Crippen LogP contribution in [-0.4, -0.2) is 29.3 Å². The van der Waals surface area contributed by atoms with Crippen LogP contribution in [0.2, 0.25) is 5.02 Å². The van der Waals surface area contributed by atoms with Crippen molar-refractivity contribution in [1.82, 2.24) is 10.2 Å². The molecule has 25 heavy (non-hydrogen) atoms. The van der Waals surface area contributed by atoms with E-state index in [1.54, 1.807) is 0 Å². The predicted molar refractivity (Wildman–Crippen MR) is 101 cm³/mol. The number of amides is 2. The van der Waals surface area contributed by atoms with Crippen molar-refractivity contribution in [3.8, 4) is 0 Å². The molecule has 1 unspecified atom stereocenters. The summed E-state index contributed by atoms with van der Waals surface area (Å²) in [6.45, 7) is 3.46. The van der Waals surface area contributed by atoms with Crippen molar-refractivity contribution in [1.29, 1.82) is 0 Å². The van der Waals surface area contributed by atoms with E-state index in [0.717, 1.165) is 57.1 Å². The smallest absolute Gasteiger partial charge is 0.245 e. The second-order valence-corrected chi connectivity index (χ2v) is 7.25. The Morgan fingerprint density at radius 1 is 1.20 bits per heavy atom. The van der Waals surface area contributed by atoms with Crippen LogP contribution in [0.25, 0.3) is 0 Å². The number of rotatable bonds is 8. The average molecular weight is 365 g/mol. The van der Waals surface area contributed by atoms with E-state index in [4.69, 9.17) is 11.6 Å². The van der Waals surface area contributed by atoms with E-state index in [1.165, 1.54) is 0 Å². The van der Waals surface area contributed by atoms with Crippen molar-refractivity contribution >= 4 is 23.4 Å². The van der Waals surface area contributed by atoms with Gasteiger partial charge in [-0.3, -0.25) is 9.59 Å². The van der Waals surface area contributed by atoms with Gasteiger partial charge in [0.2, 0.25) is 11.8 Å². The molecule has 1 saturated heterocycles. The minimum absolute atomic E-state index is 0.00259. The van der Waals surface area contributed by atoms with Crippen LogP contribution >= 0.6 is 11.6 Å². The Balaban J connectivity index is 1.89. The number of nitrogens with zero attached hydrogens (tertiary/aromatic N) is 1. The Labute approximate surface area is 155 Å². The molecule has 1 aromatic carbocycles. The van der Waals surface area contributed by atoms with Crippen LogP contribution in [0.4, 0.5) is 0 Å². The fourth-order valence-electron chi connectivity index (χ4n) is 3.19. The maximum Gasteiger partial charge on any atom is 0.245 e. The summed E-state index contributed by atoms with van der Waals surface area (Å²) in [6, 6.07) is 7.20. The third kappa shape index (κ3) is 6.69. The third-order valence-electron chi connectivity index (χ3n) is 4.66. The Morgan fingerprint density at radius 3 is 2.68 bits per heavy atom. The maximum atomic E-state index is 12.8. The van der Waals surface area contributed by atoms with Crippen LogP contribution in [0.1, 0.15) is 63.9 Å². The Bertz CT molecular complexity index is 559. The molecular formula is C20H29ClN2O2. The van der Waals surface area contributed by atoms with Crippen molar-refractivity contribution < 1.29 is 9.59 Å². The summed E-state index contributed by atoms with van der Waals surface area (Å²) in [7, 11) is 0. The Hall–Kier alpha value is -1.55. The van der Waals surface area contributed by atoms with Crippen LogP contribution in [-0.2, 0) is 16.1 Å². The molecule has 1 aromatic rings. The van der Waals surface area contributed by atoms with Crippen molar-refractivity contribution in [3.63, 3.8) is 0 Å². The fraction of sp³-hybridized carbons (Fsp3) is 0.600. The van der Waals surface area contributed by atoms with Crippen molar-refractivity contribution in [2.24, 2.45) is 0 Å². The second-order valence-electron chi connectivity index (χ2n) is 6.81. The SMILES string of the molecule is CCCCCCC(=O)NC1CCCCN(Cc2ccc(Cl)cc2)C1=O. The molecule has 0 radical (unpaired) electrons. The van der Waals surface area contributed by atoms with Crippen LogP contribution in [0.5, 0.6) is 0 Å². The molecule has 0 bridgehead atoms. The van der Waals surface area contributed by atoms with Crippen LogP contribution in [0, 0.1) is 0 Å². The van der Waals surface area contributed by atoms with Gasteiger partial charge in [0.15, 0.2) is 0 Å². The lowest BCUT2D eigenvalue weighted by Crippen LogP contribution is -2.47. The lowest BCUT2D eigenvalue weighted by Gasteiger charge is -2.25. The number of hydrogen-bond acceptors (Lipinski definition) is 2. The van der Waals surface area contributed by atoms with E-state index in [0.29, 0.717) is 18.0 Å². The minimum atomic E-state index is -0.381. The van der Waals surface area contributed by atoms with Gasteiger partial charge < -0.3 is 10.2 Å². The van der Waals surface area contributed by atoms with Gasteiger partial charge in [0.1, 0.15) is 6.04 Å². The number of benzene rings is 1. The fourth-order valence-corrected chi connectivity index (χ4v) is 3.31. The van der Waals surface area contributed by atoms with Gasteiger partial charge in [0, 0.05) is 24.5 Å². The molecule has 1 aliphatic heterocycles. The zero-order valence-corrected chi connectivity index (χ0v) is 15.9. The van der Waals surface area contributed by atoms with Crippen LogP contribution in [0.15, 0.2) is 24.3 Å². The van der Waals surface area contributed by atoms with E-state index in [1.807, 2.05) is 29.2 Å². The quantitative estimate of drug-likeness (QED) is 0.699. The molecule has 1 heterocycles. The van der Waals surface area contributed by atoms with Gasteiger partial charge in [-0.25, -0.2) is 0 Å². The molecule has 2 rings (SSSR count). The van der Waals surface area contributed by atoms with E-state index in [9.17, 15) is 9.59 Å². The van der Waals surface area contributed by atoms with E-state index >= 15 is 0 Å². The molecule has 1 aliphatic rings. The number of halogens is 1. The summed E-state index contributed by atoms with van der Waals surface area (Å²) < 4.78 is 0. The maximum absolute atomic E-state index is 12.8. The minimum Gasteiger partial charge on any atom is -0.344 e. The first kappa shape index (κ1) is 19.8. The number of carbonyl (C=O) groups is 2. The Kier molecular flexibility index (Phi) is 8.26. The van der Waals surface area contributed by atoms with Gasteiger partial charge in [-0.2, -0.15) is 0 Å². The van der Waals surface area contributed by atoms with Gasteiger partial charge in [-0.05, 0) is 43.4 Å². The summed E-state index contributed by atoms with van der Waals surface area (Å²) in [5.41, 5.74) is 1.06. The van der Waals surface area contributed by atoms with Gasteiger partial charge in [0.05, 0.1) is 0 Å². The summed E-state index contributed by atoms with van der Waals surface area (Å²) in [4.78, 5) is 26.8. The largest absolute Gasteiger partial charge is 0.344 e. The molecular weight excluding hydrogens is 336 g/mol. The molecule has 1 atom stereocenters. The molecule has 0 spiro atoms. The second kappa shape index (κ2) is 10.4. The lowest BCUT2D eigenvalue weighted by molar-refractivity contribution is -0.136. The average Bonchev–Trinajstić information content (AvgIpc) is 2.77. The van der Waals surface area contributed by atoms with Crippen LogP contribution in [0.3, 0.4) is 0 Å². The van der Waals surface area contributed by atoms with Gasteiger partial charge in [0.25, 0.3) is 0 Å². The molecule has 138 valence electrons. The molecule has 1 N–H and O–H groups in total. The summed E-state index contributed by atoms with van der Waals surface area (Å²) in [6.07, 6.45) is 7.47. The highest BCUT2D eigenvalue weighted by Crippen LogP contribution is 2.17. The number of unbranched alkanes of at least 4 members (excludes halogenated alkanes) is 3. The van der Waals surface area contributed by atoms with Crippen molar-refractivity contribution in [2.75, 3.05) is 6.54 Å². The summed E-state index contributed by atoms with van der Waals surface area (Å²) in [5, 5.41) is 3.65. The van der Waals surface area contributed by atoms with Gasteiger partial charge >= 0.3 is 0 Å². The van der Waals surface area contributed by atoms with Crippen molar-refractivity contribution in [2.45, 2.75) is 70.9 Å². The monoisotopic (exact) mass is 364 g/mol. The number of likely N-dealkylation sites (tertiary alicyclic amines) is 1. The van der Waals surface area contributed by atoms with Gasteiger partial charge in [-0.15, -0.1) is 0 Å². The molecule has 0 aliphatic carbocycles. The number of hydrogen-bond donors (Lipinski definition) is 1. The zero-order valence-electron chi connectivity index (χ0n) is 15.1.